The number of sulfone groups is 1. The summed E-state index contributed by atoms with van der Waals surface area (Å²) in [5, 5.41) is 7.75. The average molecular weight is 253 g/mol. The van der Waals surface area contributed by atoms with E-state index in [0.717, 1.165) is 31.6 Å². The molecule has 17 heavy (non-hydrogen) atoms. The Balaban J connectivity index is 2.03. The molecule has 1 aromatic rings. The number of nitrogens with zero attached hydrogens (tertiary/aromatic N) is 1. The second kappa shape index (κ2) is 5.16. The van der Waals surface area contributed by atoms with Gasteiger partial charge in [0.1, 0.15) is 0 Å². The average Bonchev–Trinajstić information content (AvgIpc) is 2.30. The lowest BCUT2D eigenvalue weighted by atomic mass is 10.1. The Morgan fingerprint density at radius 3 is 2.59 bits per heavy atom. The molecular weight excluding hydrogens is 236 g/mol. The molecule has 5 heteroatoms. The van der Waals surface area contributed by atoms with Crippen LogP contribution in [0.3, 0.4) is 0 Å². The quantitative estimate of drug-likeness (QED) is 0.837. The monoisotopic (exact) mass is 253 g/mol. The Hall–Kier alpha value is -0.910. The third-order valence-electron chi connectivity index (χ3n) is 2.89. The van der Waals surface area contributed by atoms with Crippen LogP contribution in [0.15, 0.2) is 29.2 Å². The van der Waals surface area contributed by atoms with E-state index >= 15 is 0 Å². The summed E-state index contributed by atoms with van der Waals surface area (Å²) in [4.78, 5) is 0.377. The number of rotatable bonds is 3. The van der Waals surface area contributed by atoms with Crippen LogP contribution >= 0.6 is 0 Å². The van der Waals surface area contributed by atoms with Crippen molar-refractivity contribution in [2.45, 2.75) is 17.4 Å². The van der Waals surface area contributed by atoms with Crippen molar-refractivity contribution in [1.29, 1.82) is 0 Å². The maximum Gasteiger partial charge on any atom is 0.175 e. The molecule has 2 rings (SSSR count). The first kappa shape index (κ1) is 12.5. The lowest BCUT2D eigenvalue weighted by Gasteiger charge is -2.23. The molecule has 1 saturated heterocycles. The molecule has 0 bridgehead atoms. The highest BCUT2D eigenvalue weighted by atomic mass is 32.2. The zero-order valence-electron chi connectivity index (χ0n) is 9.89. The minimum Gasteiger partial charge on any atom is -0.311 e. The van der Waals surface area contributed by atoms with Gasteiger partial charge in [0.05, 0.1) is 4.90 Å². The van der Waals surface area contributed by atoms with Gasteiger partial charge >= 0.3 is 0 Å². The predicted octanol–water partition coefficient (Wildman–Crippen LogP) is 0.209. The Morgan fingerprint density at radius 2 is 2.06 bits per heavy atom. The van der Waals surface area contributed by atoms with E-state index in [-0.39, 0.29) is 0 Å². The molecule has 0 spiro atoms. The fraction of sp³-hybridized carbons (Fsp3) is 0.500. The fourth-order valence-corrected chi connectivity index (χ4v) is 2.58. The van der Waals surface area contributed by atoms with Gasteiger partial charge in [0.15, 0.2) is 9.84 Å². The van der Waals surface area contributed by atoms with Crippen molar-refractivity contribution < 1.29 is 8.42 Å². The molecule has 4 nitrogen and oxygen atoms in total. The molecule has 0 saturated carbocycles. The summed E-state index contributed by atoms with van der Waals surface area (Å²) in [5.74, 6) is 0. The van der Waals surface area contributed by atoms with Crippen molar-refractivity contribution in [3.8, 4) is 0 Å². The minimum absolute atomic E-state index is 0.377. The van der Waals surface area contributed by atoms with E-state index in [9.17, 15) is 8.42 Å². The van der Waals surface area contributed by atoms with Crippen molar-refractivity contribution in [1.82, 2.24) is 10.6 Å². The summed E-state index contributed by atoms with van der Waals surface area (Å²) >= 11 is 0. The standard InChI is InChI=1S/C12H17N2O2S/c1-17(15,16)12-4-2-10(3-5-12)8-11-9-13-6-7-14-11/h2-5,11,14H,6-9H2,1H3. The molecule has 1 aromatic carbocycles. The topological polar surface area (TPSA) is 60.3 Å². The van der Waals surface area contributed by atoms with E-state index in [2.05, 4.69) is 10.6 Å². The van der Waals surface area contributed by atoms with Crippen LogP contribution in [0.2, 0.25) is 0 Å². The van der Waals surface area contributed by atoms with E-state index in [1.165, 1.54) is 6.26 Å². The van der Waals surface area contributed by atoms with Gasteiger partial charge in [-0.15, -0.1) is 0 Å². The Kier molecular flexibility index (Phi) is 3.81. The molecule has 1 aliphatic rings. The van der Waals surface area contributed by atoms with E-state index in [0.29, 0.717) is 10.9 Å². The number of hydrogen-bond acceptors (Lipinski definition) is 3. The van der Waals surface area contributed by atoms with Gasteiger partial charge in [0.25, 0.3) is 0 Å². The summed E-state index contributed by atoms with van der Waals surface area (Å²) in [7, 11) is -3.09. The molecule has 1 heterocycles. The lowest BCUT2D eigenvalue weighted by Crippen LogP contribution is -2.46. The third kappa shape index (κ3) is 3.52. The maximum absolute atomic E-state index is 11.3. The summed E-state index contributed by atoms with van der Waals surface area (Å²) < 4.78 is 22.6. The first-order chi connectivity index (χ1) is 8.05. The second-order valence-electron chi connectivity index (χ2n) is 4.40. The normalized spacial score (nSPS) is 21.4. The lowest BCUT2D eigenvalue weighted by molar-refractivity contribution is 0.411. The van der Waals surface area contributed by atoms with Crippen LogP contribution in [0.1, 0.15) is 5.56 Å². The molecule has 0 amide bonds. The SMILES string of the molecule is CS(=O)(=O)c1ccc(CC2C[N]CCN2)cc1. The number of piperazine rings is 1. The van der Waals surface area contributed by atoms with E-state index < -0.39 is 9.84 Å². The van der Waals surface area contributed by atoms with Gasteiger partial charge in [0, 0.05) is 31.9 Å². The van der Waals surface area contributed by atoms with Crippen molar-refractivity contribution in [3.63, 3.8) is 0 Å². The van der Waals surface area contributed by atoms with Crippen LogP contribution in [0, 0.1) is 0 Å². The smallest absolute Gasteiger partial charge is 0.175 e. The van der Waals surface area contributed by atoms with Gasteiger partial charge in [-0.25, -0.2) is 13.7 Å². The number of nitrogens with one attached hydrogen (secondary N) is 1. The zero-order valence-corrected chi connectivity index (χ0v) is 10.7. The Labute approximate surface area is 102 Å². The summed E-state index contributed by atoms with van der Waals surface area (Å²) in [6.07, 6.45) is 2.12. The summed E-state index contributed by atoms with van der Waals surface area (Å²) in [6.45, 7) is 2.67. The zero-order chi connectivity index (χ0) is 12.3. The predicted molar refractivity (Wildman–Crippen MR) is 66.9 cm³/mol. The van der Waals surface area contributed by atoms with Gasteiger partial charge < -0.3 is 5.32 Å². The molecule has 1 fully saturated rings. The highest BCUT2D eigenvalue weighted by Gasteiger charge is 2.13. The molecule has 93 valence electrons. The molecule has 1 unspecified atom stereocenters. The third-order valence-corrected chi connectivity index (χ3v) is 4.01. The van der Waals surface area contributed by atoms with Crippen LogP contribution in [-0.4, -0.2) is 40.3 Å². The van der Waals surface area contributed by atoms with E-state index in [1.807, 2.05) is 12.1 Å². The summed E-state index contributed by atoms with van der Waals surface area (Å²) in [5.41, 5.74) is 1.15. The summed E-state index contributed by atoms with van der Waals surface area (Å²) in [6, 6.07) is 7.49. The van der Waals surface area contributed by atoms with E-state index in [4.69, 9.17) is 0 Å². The molecule has 0 aliphatic carbocycles. The van der Waals surface area contributed by atoms with Crippen molar-refractivity contribution >= 4 is 9.84 Å². The molecular formula is C12H17N2O2S. The Bertz CT molecular complexity index is 462. The van der Waals surface area contributed by atoms with Crippen LogP contribution in [-0.2, 0) is 16.3 Å². The Morgan fingerprint density at radius 1 is 1.35 bits per heavy atom. The molecule has 1 atom stereocenters. The van der Waals surface area contributed by atoms with Gasteiger partial charge in [0.2, 0.25) is 0 Å². The second-order valence-corrected chi connectivity index (χ2v) is 6.42. The highest BCUT2D eigenvalue weighted by molar-refractivity contribution is 7.90. The van der Waals surface area contributed by atoms with Gasteiger partial charge in [-0.05, 0) is 24.1 Å². The van der Waals surface area contributed by atoms with Crippen molar-refractivity contribution in [2.24, 2.45) is 0 Å². The first-order valence-electron chi connectivity index (χ1n) is 5.71. The van der Waals surface area contributed by atoms with Crippen LogP contribution in [0.4, 0.5) is 0 Å². The van der Waals surface area contributed by atoms with Gasteiger partial charge in [-0.3, -0.25) is 0 Å². The van der Waals surface area contributed by atoms with Crippen LogP contribution in [0.25, 0.3) is 0 Å². The van der Waals surface area contributed by atoms with E-state index in [1.54, 1.807) is 12.1 Å². The first-order valence-corrected chi connectivity index (χ1v) is 7.60. The molecule has 0 aromatic heterocycles. The molecule has 1 radical (unpaired) electrons. The van der Waals surface area contributed by atoms with Crippen LogP contribution < -0.4 is 10.6 Å². The van der Waals surface area contributed by atoms with Crippen molar-refractivity contribution in [3.05, 3.63) is 29.8 Å². The largest absolute Gasteiger partial charge is 0.311 e. The fourth-order valence-electron chi connectivity index (χ4n) is 1.95. The number of benzene rings is 1. The minimum atomic E-state index is -3.09. The van der Waals surface area contributed by atoms with Crippen LogP contribution in [0.5, 0.6) is 0 Å². The number of hydrogen-bond donors (Lipinski definition) is 1. The molecule has 1 aliphatic heterocycles. The molecule has 1 N–H and O–H groups in total. The highest BCUT2D eigenvalue weighted by Crippen LogP contribution is 2.12. The van der Waals surface area contributed by atoms with Gasteiger partial charge in [-0.1, -0.05) is 12.1 Å². The van der Waals surface area contributed by atoms with Gasteiger partial charge in [-0.2, -0.15) is 0 Å². The maximum atomic E-state index is 11.3. The van der Waals surface area contributed by atoms with Crippen molar-refractivity contribution in [2.75, 3.05) is 25.9 Å².